The van der Waals surface area contributed by atoms with Gasteiger partial charge in [-0.15, -0.1) is 0 Å². The fourth-order valence-electron chi connectivity index (χ4n) is 4.23. The van der Waals surface area contributed by atoms with Crippen molar-refractivity contribution in [3.8, 4) is 22.6 Å². The lowest BCUT2D eigenvalue weighted by atomic mass is 10.0. The van der Waals surface area contributed by atoms with Crippen molar-refractivity contribution in [3.05, 3.63) is 64.2 Å². The van der Waals surface area contributed by atoms with Gasteiger partial charge in [0.25, 0.3) is 0 Å². The SMILES string of the molecule is CCOc1cc([C@@H](CS(C)(=O)=O)n2c(=O)[nH]c3cc(-c4c(C)ncnc4C)cnc32)ccc1OC. The number of nitrogens with zero attached hydrogens (tertiary/aromatic N) is 4. The van der Waals surface area contributed by atoms with Gasteiger partial charge in [0.15, 0.2) is 17.1 Å². The molecule has 0 saturated carbocycles. The molecule has 10 nitrogen and oxygen atoms in total. The number of hydrogen-bond acceptors (Lipinski definition) is 8. The molecular weight excluding hydrogens is 470 g/mol. The van der Waals surface area contributed by atoms with Gasteiger partial charge >= 0.3 is 5.69 Å². The standard InChI is InChI=1S/C24H27N5O5S/c1-6-34-21-10-16(7-8-20(21)33-4)19(12-35(5,31)32)29-23-18(28-24(29)30)9-17(11-25-23)22-14(2)26-13-27-15(22)3/h7-11,13,19H,6,12H2,1-5H3,(H,28,30)/t19-/m1/s1. The lowest BCUT2D eigenvalue weighted by Crippen LogP contribution is -2.28. The van der Waals surface area contributed by atoms with Crippen LogP contribution in [-0.4, -0.2) is 58.6 Å². The third-order valence-electron chi connectivity index (χ3n) is 5.71. The number of H-pyrrole nitrogens is 1. The first kappa shape index (κ1) is 24.4. The second kappa shape index (κ2) is 9.49. The molecule has 0 amide bonds. The second-order valence-corrected chi connectivity index (χ2v) is 10.5. The van der Waals surface area contributed by atoms with Crippen molar-refractivity contribution in [1.82, 2.24) is 24.5 Å². The Bertz CT molecular complexity index is 1540. The number of nitrogens with one attached hydrogen (secondary N) is 1. The van der Waals surface area contributed by atoms with E-state index in [1.807, 2.05) is 20.8 Å². The van der Waals surface area contributed by atoms with Crippen LogP contribution < -0.4 is 15.2 Å². The summed E-state index contributed by atoms with van der Waals surface area (Å²) in [6.45, 7) is 6.00. The average Bonchev–Trinajstić information content (AvgIpc) is 3.12. The first-order valence-electron chi connectivity index (χ1n) is 11.0. The number of benzene rings is 1. The molecule has 35 heavy (non-hydrogen) atoms. The second-order valence-electron chi connectivity index (χ2n) is 8.27. The zero-order chi connectivity index (χ0) is 25.3. The number of pyridine rings is 1. The van der Waals surface area contributed by atoms with E-state index >= 15 is 0 Å². The minimum atomic E-state index is -3.48. The van der Waals surface area contributed by atoms with Gasteiger partial charge in [-0.05, 0) is 44.5 Å². The van der Waals surface area contributed by atoms with Crippen LogP contribution in [0, 0.1) is 13.8 Å². The Balaban J connectivity index is 1.90. The molecule has 0 aliphatic rings. The Morgan fingerprint density at radius 3 is 2.43 bits per heavy atom. The van der Waals surface area contributed by atoms with E-state index in [2.05, 4.69) is 19.9 Å². The van der Waals surface area contributed by atoms with Gasteiger partial charge in [-0.1, -0.05) is 6.07 Å². The maximum atomic E-state index is 13.1. The molecule has 0 fully saturated rings. The minimum Gasteiger partial charge on any atom is -0.493 e. The number of fused-ring (bicyclic) bond motifs is 1. The molecule has 0 aliphatic heterocycles. The molecule has 0 unspecified atom stereocenters. The van der Waals surface area contributed by atoms with Crippen LogP contribution >= 0.6 is 0 Å². The summed E-state index contributed by atoms with van der Waals surface area (Å²) in [5.41, 5.74) is 4.10. The summed E-state index contributed by atoms with van der Waals surface area (Å²) < 4.78 is 37.2. The van der Waals surface area contributed by atoms with Gasteiger partial charge in [-0.25, -0.2) is 28.2 Å². The van der Waals surface area contributed by atoms with Gasteiger partial charge in [0.05, 0.1) is 31.0 Å². The Kier molecular flexibility index (Phi) is 6.62. The summed E-state index contributed by atoms with van der Waals surface area (Å²) in [5.74, 6) is 0.675. The van der Waals surface area contributed by atoms with E-state index < -0.39 is 21.6 Å². The predicted molar refractivity (Wildman–Crippen MR) is 133 cm³/mol. The molecular formula is C24H27N5O5S. The highest BCUT2D eigenvalue weighted by Crippen LogP contribution is 2.33. The predicted octanol–water partition coefficient (Wildman–Crippen LogP) is 2.84. The van der Waals surface area contributed by atoms with Crippen LogP contribution in [-0.2, 0) is 9.84 Å². The lowest BCUT2D eigenvalue weighted by Gasteiger charge is -2.20. The van der Waals surface area contributed by atoms with E-state index in [4.69, 9.17) is 9.47 Å². The molecule has 1 aromatic carbocycles. The van der Waals surface area contributed by atoms with E-state index in [1.165, 1.54) is 18.0 Å². The fourth-order valence-corrected chi connectivity index (χ4v) is 5.14. The normalized spacial score (nSPS) is 12.6. The van der Waals surface area contributed by atoms with Crippen molar-refractivity contribution in [3.63, 3.8) is 0 Å². The third-order valence-corrected chi connectivity index (χ3v) is 6.64. The summed E-state index contributed by atoms with van der Waals surface area (Å²) >= 11 is 0. The highest BCUT2D eigenvalue weighted by atomic mass is 32.2. The van der Waals surface area contributed by atoms with Crippen LogP contribution in [0.5, 0.6) is 11.5 Å². The largest absolute Gasteiger partial charge is 0.493 e. The number of aryl methyl sites for hydroxylation is 2. The molecule has 3 aromatic heterocycles. The Morgan fingerprint density at radius 1 is 1.09 bits per heavy atom. The van der Waals surface area contributed by atoms with E-state index in [9.17, 15) is 13.2 Å². The summed E-state index contributed by atoms with van der Waals surface area (Å²) in [4.78, 5) is 29.0. The fraction of sp³-hybridized carbons (Fsp3) is 0.333. The van der Waals surface area contributed by atoms with E-state index in [1.54, 1.807) is 30.5 Å². The minimum absolute atomic E-state index is 0.300. The Hall–Kier alpha value is -3.73. The number of methoxy groups -OCH3 is 1. The molecule has 0 bridgehead atoms. The number of aromatic nitrogens is 5. The highest BCUT2D eigenvalue weighted by Gasteiger charge is 2.26. The molecule has 11 heteroatoms. The van der Waals surface area contributed by atoms with E-state index in [0.29, 0.717) is 34.8 Å². The molecule has 0 spiro atoms. The van der Waals surface area contributed by atoms with Gasteiger partial charge < -0.3 is 14.5 Å². The molecule has 1 atom stereocenters. The molecule has 4 aromatic rings. The smallest absolute Gasteiger partial charge is 0.328 e. The van der Waals surface area contributed by atoms with Gasteiger partial charge in [0.2, 0.25) is 0 Å². The van der Waals surface area contributed by atoms with Gasteiger partial charge in [-0.3, -0.25) is 4.57 Å². The Labute approximate surface area is 202 Å². The summed E-state index contributed by atoms with van der Waals surface area (Å²) in [6.07, 6.45) is 4.28. The zero-order valence-electron chi connectivity index (χ0n) is 20.2. The number of rotatable bonds is 8. The van der Waals surface area contributed by atoms with Gasteiger partial charge in [0.1, 0.15) is 16.2 Å². The molecule has 0 aliphatic carbocycles. The van der Waals surface area contributed by atoms with Crippen molar-refractivity contribution in [1.29, 1.82) is 0 Å². The van der Waals surface area contributed by atoms with Crippen LogP contribution in [0.2, 0.25) is 0 Å². The third kappa shape index (κ3) is 4.90. The molecule has 184 valence electrons. The zero-order valence-corrected chi connectivity index (χ0v) is 21.0. The van der Waals surface area contributed by atoms with Gasteiger partial charge in [0, 0.05) is 35.0 Å². The van der Waals surface area contributed by atoms with Crippen LogP contribution in [0.4, 0.5) is 0 Å². The summed E-state index contributed by atoms with van der Waals surface area (Å²) in [5, 5.41) is 0. The molecule has 0 radical (unpaired) electrons. The first-order chi connectivity index (χ1) is 16.6. The maximum absolute atomic E-state index is 13.1. The van der Waals surface area contributed by atoms with Crippen LogP contribution in [0.1, 0.15) is 29.9 Å². The molecule has 3 heterocycles. The number of ether oxygens (including phenoxy) is 2. The number of hydrogen-bond donors (Lipinski definition) is 1. The van der Waals surface area contributed by atoms with E-state index in [-0.39, 0.29) is 5.75 Å². The monoisotopic (exact) mass is 497 g/mol. The number of imidazole rings is 1. The quantitative estimate of drug-likeness (QED) is 0.393. The van der Waals surface area contributed by atoms with Gasteiger partial charge in [-0.2, -0.15) is 0 Å². The Morgan fingerprint density at radius 2 is 1.80 bits per heavy atom. The van der Waals surface area contributed by atoms with Crippen molar-refractivity contribution in [2.75, 3.05) is 25.7 Å². The van der Waals surface area contributed by atoms with Crippen molar-refractivity contribution < 1.29 is 17.9 Å². The topological polar surface area (TPSA) is 129 Å². The summed E-state index contributed by atoms with van der Waals surface area (Å²) in [7, 11) is -1.95. The highest BCUT2D eigenvalue weighted by molar-refractivity contribution is 7.90. The van der Waals surface area contributed by atoms with E-state index in [0.717, 1.165) is 28.8 Å². The average molecular weight is 498 g/mol. The molecule has 0 saturated heterocycles. The summed E-state index contributed by atoms with van der Waals surface area (Å²) in [6, 6.07) is 6.09. The number of sulfone groups is 1. The van der Waals surface area contributed by atoms with Crippen molar-refractivity contribution >= 4 is 21.0 Å². The van der Waals surface area contributed by atoms with Crippen LogP contribution in [0.15, 0.2) is 41.6 Å². The van der Waals surface area contributed by atoms with Crippen molar-refractivity contribution in [2.24, 2.45) is 0 Å². The van der Waals surface area contributed by atoms with Crippen molar-refractivity contribution in [2.45, 2.75) is 26.8 Å². The lowest BCUT2D eigenvalue weighted by molar-refractivity contribution is 0.310. The van der Waals surface area contributed by atoms with Crippen LogP contribution in [0.25, 0.3) is 22.3 Å². The molecule has 4 rings (SSSR count). The number of aromatic amines is 1. The first-order valence-corrected chi connectivity index (χ1v) is 13.1. The molecule has 1 N–H and O–H groups in total. The maximum Gasteiger partial charge on any atom is 0.328 e. The van der Waals surface area contributed by atoms with Crippen LogP contribution in [0.3, 0.4) is 0 Å².